The van der Waals surface area contributed by atoms with E-state index in [-0.39, 0.29) is 35.0 Å². The van der Waals surface area contributed by atoms with E-state index in [1.165, 1.54) is 7.11 Å². The lowest BCUT2D eigenvalue weighted by atomic mass is 9.77. The molecule has 0 aliphatic carbocycles. The van der Waals surface area contributed by atoms with Gasteiger partial charge in [0.25, 0.3) is 5.91 Å². The summed E-state index contributed by atoms with van der Waals surface area (Å²) in [5.41, 5.74) is 1.94. The zero-order chi connectivity index (χ0) is 37.3. The number of amides is 2. The predicted octanol–water partition coefficient (Wildman–Crippen LogP) is 10.5. The zero-order valence-electron chi connectivity index (χ0n) is 32.8. The van der Waals surface area contributed by atoms with Crippen LogP contribution in [0.4, 0.5) is 11.4 Å². The number of carbonyl (C=O) groups excluding carboxylic acids is 3. The van der Waals surface area contributed by atoms with Gasteiger partial charge in [0.2, 0.25) is 5.91 Å². The van der Waals surface area contributed by atoms with E-state index in [9.17, 15) is 14.4 Å². The lowest BCUT2D eigenvalue weighted by Crippen LogP contribution is -2.36. The first kappa shape index (κ1) is 40.9. The third-order valence-electron chi connectivity index (χ3n) is 9.74. The summed E-state index contributed by atoms with van der Waals surface area (Å²) in [5.74, 6) is 1.48. The van der Waals surface area contributed by atoms with Gasteiger partial charge in [0.1, 0.15) is 28.6 Å². The highest BCUT2D eigenvalue weighted by atomic mass is 16.5. The predicted molar refractivity (Wildman–Crippen MR) is 204 cm³/mol. The smallest absolute Gasteiger partial charge is 0.265 e. The number of ketones is 1. The molecule has 0 aromatic heterocycles. The summed E-state index contributed by atoms with van der Waals surface area (Å²) in [7, 11) is 1.51. The molecule has 2 aromatic carbocycles. The second-order valence-electron chi connectivity index (χ2n) is 16.5. The molecule has 1 heterocycles. The Morgan fingerprint density at radius 1 is 0.920 bits per heavy atom. The molecule has 1 aliphatic heterocycles. The molecular weight excluding hydrogens is 628 g/mol. The highest BCUT2D eigenvalue weighted by molar-refractivity contribution is 6.06. The normalized spacial score (nSPS) is 16.1. The van der Waals surface area contributed by atoms with Gasteiger partial charge in [-0.15, -0.1) is 0 Å². The number of fused-ring (bicyclic) bond motifs is 1. The molecular formula is C42H64N2O6. The summed E-state index contributed by atoms with van der Waals surface area (Å²) in [5, 5.41) is 5.85. The Morgan fingerprint density at radius 3 is 2.24 bits per heavy atom. The van der Waals surface area contributed by atoms with Crippen molar-refractivity contribution in [3.63, 3.8) is 0 Å². The number of rotatable bonds is 18. The number of benzene rings is 2. The third kappa shape index (κ3) is 11.5. The second-order valence-corrected chi connectivity index (χ2v) is 16.5. The zero-order valence-corrected chi connectivity index (χ0v) is 32.8. The van der Waals surface area contributed by atoms with Crippen molar-refractivity contribution in [2.24, 2.45) is 5.41 Å². The van der Waals surface area contributed by atoms with Crippen molar-refractivity contribution in [3.8, 4) is 17.2 Å². The minimum Gasteiger partial charge on any atom is -0.495 e. The van der Waals surface area contributed by atoms with Crippen LogP contribution in [0.2, 0.25) is 0 Å². The van der Waals surface area contributed by atoms with E-state index in [0.717, 1.165) is 80.4 Å². The number of hydrogen-bond donors (Lipinski definition) is 2. The molecule has 3 rings (SSSR count). The number of methoxy groups -OCH3 is 1. The maximum absolute atomic E-state index is 14.1. The Morgan fingerprint density at radius 2 is 1.60 bits per heavy atom. The van der Waals surface area contributed by atoms with E-state index < -0.39 is 17.4 Å². The number of nitrogens with one attached hydrogen (secondary N) is 2. The third-order valence-corrected chi connectivity index (χ3v) is 9.74. The van der Waals surface area contributed by atoms with Crippen LogP contribution in [-0.4, -0.2) is 36.4 Å². The number of Topliss-reactive ketones (excluding diaryl/α,β-unsaturated/α-hetero) is 1. The van der Waals surface area contributed by atoms with Crippen molar-refractivity contribution in [1.82, 2.24) is 0 Å². The standard InChI is InChI=1S/C42H64N2O6/c1-12-14-16-17-19-34(39(47)43-29-20-21-33(48-11)32(23-29)44-38(46)26-37(45)40(4,5)6)49-36-24-30-28(3)27-42(9,10)50-35(30)25-31(36)41(7,8)22-18-15-13-2/h20-21,23-25,28,34H,12-19,22,26-27H2,1-11H3,(H,43,47)(H,44,46). The Balaban J connectivity index is 1.96. The first-order valence-electron chi connectivity index (χ1n) is 18.8. The summed E-state index contributed by atoms with van der Waals surface area (Å²) < 4.78 is 18.8. The van der Waals surface area contributed by atoms with Gasteiger partial charge in [0.05, 0.1) is 19.2 Å². The van der Waals surface area contributed by atoms with E-state index in [1.54, 1.807) is 39.0 Å². The fraction of sp³-hybridized carbons (Fsp3) is 0.643. The molecule has 8 heteroatoms. The summed E-state index contributed by atoms with van der Waals surface area (Å²) in [6.45, 7) is 20.8. The van der Waals surface area contributed by atoms with E-state index in [0.29, 0.717) is 23.5 Å². The van der Waals surface area contributed by atoms with Gasteiger partial charge in [-0.1, -0.05) is 93.9 Å². The Labute approximate surface area is 301 Å². The highest BCUT2D eigenvalue weighted by Crippen LogP contribution is 2.47. The quantitative estimate of drug-likeness (QED) is 0.119. The minimum atomic E-state index is -0.740. The van der Waals surface area contributed by atoms with Crippen molar-refractivity contribution in [2.45, 2.75) is 163 Å². The molecule has 278 valence electrons. The van der Waals surface area contributed by atoms with E-state index >= 15 is 0 Å². The van der Waals surface area contributed by atoms with Crippen molar-refractivity contribution >= 4 is 29.0 Å². The molecule has 0 bridgehead atoms. The Bertz CT molecular complexity index is 1470. The number of anilines is 2. The van der Waals surface area contributed by atoms with Crippen LogP contribution in [0.3, 0.4) is 0 Å². The van der Waals surface area contributed by atoms with Gasteiger partial charge in [0.15, 0.2) is 6.10 Å². The van der Waals surface area contributed by atoms with Gasteiger partial charge in [-0.3, -0.25) is 14.4 Å². The Kier molecular flexibility index (Phi) is 14.4. The summed E-state index contributed by atoms with van der Waals surface area (Å²) in [6, 6.07) is 9.38. The van der Waals surface area contributed by atoms with E-state index in [4.69, 9.17) is 14.2 Å². The minimum absolute atomic E-state index is 0.166. The van der Waals surface area contributed by atoms with Crippen LogP contribution in [0.25, 0.3) is 0 Å². The molecule has 0 radical (unpaired) electrons. The summed E-state index contributed by atoms with van der Waals surface area (Å²) >= 11 is 0. The monoisotopic (exact) mass is 692 g/mol. The molecule has 0 fully saturated rings. The topological polar surface area (TPSA) is 103 Å². The molecule has 2 unspecified atom stereocenters. The molecule has 2 amide bonds. The van der Waals surface area contributed by atoms with Gasteiger partial charge in [-0.05, 0) is 81.2 Å². The van der Waals surface area contributed by atoms with E-state index in [2.05, 4.69) is 71.2 Å². The molecule has 8 nitrogen and oxygen atoms in total. The maximum Gasteiger partial charge on any atom is 0.265 e. The average molecular weight is 693 g/mol. The first-order valence-corrected chi connectivity index (χ1v) is 18.8. The second kappa shape index (κ2) is 17.6. The number of hydrogen-bond acceptors (Lipinski definition) is 6. The van der Waals surface area contributed by atoms with Crippen LogP contribution in [0.5, 0.6) is 17.2 Å². The van der Waals surface area contributed by atoms with Gasteiger partial charge < -0.3 is 24.8 Å². The van der Waals surface area contributed by atoms with E-state index in [1.807, 2.05) is 0 Å². The van der Waals surface area contributed by atoms with Crippen molar-refractivity contribution < 1.29 is 28.6 Å². The van der Waals surface area contributed by atoms with Crippen LogP contribution < -0.4 is 24.8 Å². The number of ether oxygens (including phenoxy) is 3. The van der Waals surface area contributed by atoms with Crippen molar-refractivity contribution in [1.29, 1.82) is 0 Å². The highest BCUT2D eigenvalue weighted by Gasteiger charge is 2.36. The van der Waals surface area contributed by atoms with Crippen LogP contribution in [0.1, 0.15) is 157 Å². The van der Waals surface area contributed by atoms with Crippen molar-refractivity contribution in [3.05, 3.63) is 41.5 Å². The lowest BCUT2D eigenvalue weighted by Gasteiger charge is -2.38. The van der Waals surface area contributed by atoms with Crippen LogP contribution in [0, 0.1) is 5.41 Å². The van der Waals surface area contributed by atoms with Crippen LogP contribution in [-0.2, 0) is 19.8 Å². The van der Waals surface area contributed by atoms with Crippen molar-refractivity contribution in [2.75, 3.05) is 17.7 Å². The summed E-state index contributed by atoms with van der Waals surface area (Å²) in [4.78, 5) is 39.4. The largest absolute Gasteiger partial charge is 0.495 e. The van der Waals surface area contributed by atoms with Gasteiger partial charge in [-0.2, -0.15) is 0 Å². The maximum atomic E-state index is 14.1. The van der Waals surface area contributed by atoms with Gasteiger partial charge in [-0.25, -0.2) is 0 Å². The number of unbranched alkanes of at least 4 members (excludes halogenated alkanes) is 5. The summed E-state index contributed by atoms with van der Waals surface area (Å²) in [6.07, 6.45) is 8.89. The van der Waals surface area contributed by atoms with Gasteiger partial charge >= 0.3 is 0 Å². The molecule has 1 aliphatic rings. The molecule has 0 saturated heterocycles. The molecule has 0 spiro atoms. The van der Waals surface area contributed by atoms with Gasteiger partial charge in [0, 0.05) is 22.2 Å². The molecule has 2 N–H and O–H groups in total. The molecule has 2 atom stereocenters. The average Bonchev–Trinajstić information content (AvgIpc) is 3.01. The fourth-order valence-electron chi connectivity index (χ4n) is 6.68. The van der Waals surface area contributed by atoms with Crippen LogP contribution >= 0.6 is 0 Å². The fourth-order valence-corrected chi connectivity index (χ4v) is 6.68. The SMILES string of the molecule is CCCCCCC(Oc1cc2c(cc1C(C)(C)CCCCC)OC(C)(C)CC2C)C(=O)Nc1ccc(OC)c(NC(=O)CC(=O)C(C)(C)C)c1. The lowest BCUT2D eigenvalue weighted by molar-refractivity contribution is -0.130. The molecule has 2 aromatic rings. The first-order chi connectivity index (χ1) is 23.4. The Hall–Kier alpha value is -3.55. The molecule has 50 heavy (non-hydrogen) atoms. The number of carbonyl (C=O) groups is 3. The van der Waals surface area contributed by atoms with Crippen LogP contribution in [0.15, 0.2) is 30.3 Å². The molecule has 0 saturated carbocycles.